The van der Waals surface area contributed by atoms with E-state index in [4.69, 9.17) is 9.52 Å². The largest absolute Gasteiger partial charge is 0.480 e. The smallest absolute Gasteiger partial charge is 0.321 e. The normalized spacial score (nSPS) is 13.4. The zero-order valence-corrected chi connectivity index (χ0v) is 11.7. The van der Waals surface area contributed by atoms with Crippen LogP contribution < -0.4 is 4.72 Å². The predicted octanol–water partition coefficient (Wildman–Crippen LogP) is 1.96. The monoisotopic (exact) mass is 297 g/mol. The molecule has 7 heteroatoms. The summed E-state index contributed by atoms with van der Waals surface area (Å²) in [6.45, 7) is 1.79. The molecule has 2 aromatic rings. The number of carboxylic acid groups (broad SMARTS) is 1. The highest BCUT2D eigenvalue weighted by Crippen LogP contribution is 2.24. The molecule has 1 heterocycles. The lowest BCUT2D eigenvalue weighted by atomic mass is 10.2. The Bertz CT molecular complexity index is 719. The minimum Gasteiger partial charge on any atom is -0.480 e. The Labute approximate surface area is 116 Å². The summed E-state index contributed by atoms with van der Waals surface area (Å²) in [5.41, 5.74) is 0.223. The predicted molar refractivity (Wildman–Crippen MR) is 72.9 cm³/mol. The van der Waals surface area contributed by atoms with Crippen LogP contribution in [0.2, 0.25) is 0 Å². The number of hydrogen-bond acceptors (Lipinski definition) is 4. The highest BCUT2D eigenvalue weighted by Gasteiger charge is 2.26. The van der Waals surface area contributed by atoms with Gasteiger partial charge in [-0.15, -0.1) is 0 Å². The first-order valence-corrected chi connectivity index (χ1v) is 7.65. The summed E-state index contributed by atoms with van der Waals surface area (Å²) < 4.78 is 32.0. The van der Waals surface area contributed by atoms with Crippen molar-refractivity contribution >= 4 is 27.0 Å². The number of carbonyl (C=O) groups is 1. The van der Waals surface area contributed by atoms with Crippen LogP contribution in [0, 0.1) is 0 Å². The quantitative estimate of drug-likeness (QED) is 0.849. The van der Waals surface area contributed by atoms with Crippen molar-refractivity contribution in [1.29, 1.82) is 0 Å². The van der Waals surface area contributed by atoms with Crippen molar-refractivity contribution in [2.45, 2.75) is 30.7 Å². The molecule has 0 aliphatic carbocycles. The second-order valence-electron chi connectivity index (χ2n) is 4.40. The van der Waals surface area contributed by atoms with Gasteiger partial charge in [-0.3, -0.25) is 4.79 Å². The van der Waals surface area contributed by atoms with Gasteiger partial charge in [-0.05, 0) is 18.6 Å². The minimum absolute atomic E-state index is 0.0534. The lowest BCUT2D eigenvalue weighted by Crippen LogP contribution is -2.40. The number of aliphatic carboxylic acids is 1. The third-order valence-corrected chi connectivity index (χ3v) is 4.40. The molecule has 2 N–H and O–H groups in total. The van der Waals surface area contributed by atoms with E-state index < -0.39 is 22.0 Å². The number of carboxylic acids is 1. The first kappa shape index (κ1) is 14.5. The summed E-state index contributed by atoms with van der Waals surface area (Å²) in [6.07, 6.45) is 2.18. The maximum absolute atomic E-state index is 12.3. The Balaban J connectivity index is 2.39. The van der Waals surface area contributed by atoms with Gasteiger partial charge in [0.15, 0.2) is 5.58 Å². The van der Waals surface area contributed by atoms with Crippen molar-refractivity contribution in [3.05, 3.63) is 30.5 Å². The molecule has 1 unspecified atom stereocenters. The molecular weight excluding hydrogens is 282 g/mol. The van der Waals surface area contributed by atoms with Crippen LogP contribution in [0.5, 0.6) is 0 Å². The Hall–Kier alpha value is -1.86. The van der Waals surface area contributed by atoms with Gasteiger partial charge in [0, 0.05) is 5.39 Å². The molecular formula is C13H15NO5S. The van der Waals surface area contributed by atoms with Gasteiger partial charge in [-0.2, -0.15) is 4.72 Å². The van der Waals surface area contributed by atoms with Gasteiger partial charge in [0.1, 0.15) is 10.9 Å². The van der Waals surface area contributed by atoms with Crippen molar-refractivity contribution < 1.29 is 22.7 Å². The Morgan fingerprint density at radius 3 is 2.80 bits per heavy atom. The molecule has 2 rings (SSSR count). The average molecular weight is 297 g/mol. The fraction of sp³-hybridized carbons (Fsp3) is 0.308. The van der Waals surface area contributed by atoms with Crippen LogP contribution in [0.4, 0.5) is 0 Å². The first-order valence-electron chi connectivity index (χ1n) is 6.17. The van der Waals surface area contributed by atoms with Gasteiger partial charge in [0.05, 0.1) is 6.26 Å². The summed E-state index contributed by atoms with van der Waals surface area (Å²) in [5.74, 6) is -1.19. The zero-order chi connectivity index (χ0) is 14.8. The fourth-order valence-corrected chi connectivity index (χ4v) is 3.34. The van der Waals surface area contributed by atoms with Crippen LogP contribution in [0.15, 0.2) is 39.8 Å². The van der Waals surface area contributed by atoms with Crippen LogP contribution in [0.25, 0.3) is 11.0 Å². The number of sulfonamides is 1. The van der Waals surface area contributed by atoms with E-state index in [0.29, 0.717) is 11.8 Å². The molecule has 1 aromatic carbocycles. The molecule has 0 saturated heterocycles. The summed E-state index contributed by atoms with van der Waals surface area (Å²) in [5, 5.41) is 9.69. The van der Waals surface area contributed by atoms with E-state index in [1.54, 1.807) is 25.1 Å². The number of furan rings is 1. The van der Waals surface area contributed by atoms with Gasteiger partial charge >= 0.3 is 5.97 Å². The van der Waals surface area contributed by atoms with Crippen LogP contribution in [-0.4, -0.2) is 25.5 Å². The van der Waals surface area contributed by atoms with E-state index >= 15 is 0 Å². The van der Waals surface area contributed by atoms with E-state index in [-0.39, 0.29) is 16.9 Å². The SMILES string of the molecule is CCCC(NS(=O)(=O)c1cccc2ccoc12)C(=O)O. The summed E-state index contributed by atoms with van der Waals surface area (Å²) >= 11 is 0. The van der Waals surface area contributed by atoms with E-state index in [1.165, 1.54) is 12.3 Å². The van der Waals surface area contributed by atoms with Crippen molar-refractivity contribution in [3.8, 4) is 0 Å². The summed E-state index contributed by atoms with van der Waals surface area (Å²) in [6, 6.07) is 5.20. The molecule has 0 radical (unpaired) electrons. The molecule has 0 aliphatic heterocycles. The van der Waals surface area contributed by atoms with Gasteiger partial charge in [0.2, 0.25) is 10.0 Å². The second kappa shape index (κ2) is 5.64. The van der Waals surface area contributed by atoms with Gasteiger partial charge in [-0.1, -0.05) is 25.5 Å². The minimum atomic E-state index is -3.95. The molecule has 1 atom stereocenters. The van der Waals surface area contributed by atoms with E-state index in [2.05, 4.69) is 4.72 Å². The molecule has 0 aliphatic rings. The highest BCUT2D eigenvalue weighted by atomic mass is 32.2. The van der Waals surface area contributed by atoms with Gasteiger partial charge in [0.25, 0.3) is 0 Å². The van der Waals surface area contributed by atoms with Crippen LogP contribution in [-0.2, 0) is 14.8 Å². The molecule has 0 amide bonds. The van der Waals surface area contributed by atoms with Gasteiger partial charge in [-0.25, -0.2) is 8.42 Å². The van der Waals surface area contributed by atoms with Crippen molar-refractivity contribution in [2.75, 3.05) is 0 Å². The van der Waals surface area contributed by atoms with Crippen molar-refractivity contribution in [2.24, 2.45) is 0 Å². The van der Waals surface area contributed by atoms with Crippen LogP contribution >= 0.6 is 0 Å². The molecule has 0 saturated carbocycles. The van der Waals surface area contributed by atoms with E-state index in [9.17, 15) is 13.2 Å². The zero-order valence-electron chi connectivity index (χ0n) is 10.9. The van der Waals surface area contributed by atoms with E-state index in [0.717, 1.165) is 0 Å². The van der Waals surface area contributed by atoms with E-state index in [1.807, 2.05) is 0 Å². The number of rotatable bonds is 6. The lowest BCUT2D eigenvalue weighted by molar-refractivity contribution is -0.139. The summed E-state index contributed by atoms with van der Waals surface area (Å²) in [4.78, 5) is 11.0. The van der Waals surface area contributed by atoms with Crippen LogP contribution in [0.3, 0.4) is 0 Å². The lowest BCUT2D eigenvalue weighted by Gasteiger charge is -2.14. The molecule has 20 heavy (non-hydrogen) atoms. The van der Waals surface area contributed by atoms with Crippen molar-refractivity contribution in [1.82, 2.24) is 4.72 Å². The average Bonchev–Trinajstić information content (AvgIpc) is 2.85. The van der Waals surface area contributed by atoms with Crippen molar-refractivity contribution in [3.63, 3.8) is 0 Å². The molecule has 6 nitrogen and oxygen atoms in total. The maximum atomic E-state index is 12.3. The number of benzene rings is 1. The molecule has 108 valence electrons. The molecule has 0 bridgehead atoms. The number of hydrogen-bond donors (Lipinski definition) is 2. The molecule has 0 spiro atoms. The Morgan fingerprint density at radius 1 is 1.40 bits per heavy atom. The third kappa shape index (κ3) is 2.83. The van der Waals surface area contributed by atoms with Gasteiger partial charge < -0.3 is 9.52 Å². The summed E-state index contributed by atoms with van der Waals surface area (Å²) in [7, 11) is -3.95. The Morgan fingerprint density at radius 2 is 2.15 bits per heavy atom. The number of fused-ring (bicyclic) bond motifs is 1. The highest BCUT2D eigenvalue weighted by molar-refractivity contribution is 7.89. The topological polar surface area (TPSA) is 96.6 Å². The third-order valence-electron chi connectivity index (χ3n) is 2.91. The fourth-order valence-electron chi connectivity index (χ4n) is 1.95. The standard InChI is InChI=1S/C13H15NO5S/c1-2-4-10(13(15)16)14-20(17,18)11-6-3-5-9-7-8-19-12(9)11/h3,5-8,10,14H,2,4H2,1H3,(H,15,16). The Kier molecular flexibility index (Phi) is 4.10. The molecule has 0 fully saturated rings. The first-order chi connectivity index (χ1) is 9.45. The second-order valence-corrected chi connectivity index (χ2v) is 6.08. The molecule has 1 aromatic heterocycles. The number of nitrogens with one attached hydrogen (secondary N) is 1. The van der Waals surface area contributed by atoms with Crippen LogP contribution in [0.1, 0.15) is 19.8 Å². The number of para-hydroxylation sites is 1. The maximum Gasteiger partial charge on any atom is 0.321 e.